The third-order valence-corrected chi connectivity index (χ3v) is 6.12. The summed E-state index contributed by atoms with van der Waals surface area (Å²) >= 11 is 1.61. The molecule has 0 saturated heterocycles. The Kier molecular flexibility index (Phi) is 5.56. The molecule has 32 heavy (non-hydrogen) atoms. The summed E-state index contributed by atoms with van der Waals surface area (Å²) in [5.74, 6) is 3.19. The summed E-state index contributed by atoms with van der Waals surface area (Å²) in [5.41, 5.74) is 4.16. The van der Waals surface area contributed by atoms with Crippen LogP contribution in [-0.4, -0.2) is 25.6 Å². The van der Waals surface area contributed by atoms with Crippen LogP contribution in [0.3, 0.4) is 0 Å². The Morgan fingerprint density at radius 3 is 2.28 bits per heavy atom. The lowest BCUT2D eigenvalue weighted by molar-refractivity contribution is 0.174. The molecule has 162 valence electrons. The average molecular weight is 447 g/mol. The molecule has 1 aromatic heterocycles. The fourth-order valence-electron chi connectivity index (χ4n) is 3.55. The lowest BCUT2D eigenvalue weighted by Crippen LogP contribution is -2.16. The first-order valence-corrected chi connectivity index (χ1v) is 11.0. The van der Waals surface area contributed by atoms with Crippen molar-refractivity contribution in [3.05, 3.63) is 82.5 Å². The van der Waals surface area contributed by atoms with Crippen LogP contribution < -0.4 is 23.7 Å². The van der Waals surface area contributed by atoms with Gasteiger partial charge in [0.05, 0.1) is 32.1 Å². The number of fused-ring (bicyclic) bond motifs is 1. The van der Waals surface area contributed by atoms with E-state index in [1.807, 2.05) is 48.5 Å². The molecule has 0 amide bonds. The minimum Gasteiger partial charge on any atom is -0.497 e. The van der Waals surface area contributed by atoms with E-state index in [-0.39, 0.29) is 6.79 Å². The third-order valence-electron chi connectivity index (χ3n) is 5.26. The molecule has 2 heterocycles. The summed E-state index contributed by atoms with van der Waals surface area (Å²) in [6, 6.07) is 21.9. The molecule has 1 aliphatic heterocycles. The molecule has 3 aromatic carbocycles. The van der Waals surface area contributed by atoms with Crippen LogP contribution in [0.1, 0.15) is 5.56 Å². The summed E-state index contributed by atoms with van der Waals surface area (Å²) in [6.45, 7) is 0.913. The van der Waals surface area contributed by atoms with Crippen molar-refractivity contribution in [2.24, 2.45) is 4.99 Å². The highest BCUT2D eigenvalue weighted by Gasteiger charge is 2.15. The van der Waals surface area contributed by atoms with E-state index in [0.717, 1.165) is 50.3 Å². The van der Waals surface area contributed by atoms with Crippen LogP contribution in [0.4, 0.5) is 5.69 Å². The molecule has 1 aliphatic rings. The molecule has 0 bridgehead atoms. The quantitative estimate of drug-likeness (QED) is 0.406. The Labute approximate surface area is 189 Å². The second kappa shape index (κ2) is 8.80. The average Bonchev–Trinajstić information content (AvgIpc) is 3.46. The number of hydrogen-bond donors (Lipinski definition) is 0. The molecule has 6 nitrogen and oxygen atoms in total. The van der Waals surface area contributed by atoms with Crippen LogP contribution in [-0.2, 0) is 6.54 Å². The summed E-state index contributed by atoms with van der Waals surface area (Å²) in [7, 11) is 3.33. The van der Waals surface area contributed by atoms with E-state index >= 15 is 0 Å². The molecular weight excluding hydrogens is 424 g/mol. The standard InChI is InChI=1S/C25H22N2O4S/c1-28-20-8-4-18(5-9-20)22-15-32-25(26-19-6-10-21(29-2)11-7-19)27(22)14-17-3-12-23-24(13-17)31-16-30-23/h3-13,15H,14,16H2,1-2H3. The van der Waals surface area contributed by atoms with Crippen molar-refractivity contribution in [2.75, 3.05) is 21.0 Å². The summed E-state index contributed by atoms with van der Waals surface area (Å²) in [4.78, 5) is 5.81. The van der Waals surface area contributed by atoms with Gasteiger partial charge in [-0.1, -0.05) is 6.07 Å². The first-order valence-electron chi connectivity index (χ1n) is 10.1. The SMILES string of the molecule is COc1ccc(N=c2scc(-c3ccc(OC)cc3)n2Cc2ccc3c(c2)OCO3)cc1. The first kappa shape index (κ1) is 20.2. The van der Waals surface area contributed by atoms with Gasteiger partial charge in [0, 0.05) is 5.38 Å². The molecular formula is C25H22N2O4S. The van der Waals surface area contributed by atoms with Crippen molar-refractivity contribution in [3.63, 3.8) is 0 Å². The Morgan fingerprint density at radius 1 is 0.875 bits per heavy atom. The molecule has 5 rings (SSSR count). The Morgan fingerprint density at radius 2 is 1.56 bits per heavy atom. The normalized spacial score (nSPS) is 12.8. The van der Waals surface area contributed by atoms with E-state index in [4.69, 9.17) is 23.9 Å². The summed E-state index contributed by atoms with van der Waals surface area (Å²) in [5, 5.41) is 2.14. The van der Waals surface area contributed by atoms with Gasteiger partial charge in [-0.2, -0.15) is 0 Å². The van der Waals surface area contributed by atoms with E-state index in [1.54, 1.807) is 25.6 Å². The van der Waals surface area contributed by atoms with Crippen molar-refractivity contribution in [1.82, 2.24) is 4.57 Å². The maximum Gasteiger partial charge on any atom is 0.231 e. The highest BCUT2D eigenvalue weighted by atomic mass is 32.1. The minimum atomic E-state index is 0.263. The van der Waals surface area contributed by atoms with Crippen molar-refractivity contribution in [1.29, 1.82) is 0 Å². The maximum absolute atomic E-state index is 5.57. The number of thiazole rings is 1. The number of benzene rings is 3. The first-order chi connectivity index (χ1) is 15.7. The molecule has 4 aromatic rings. The molecule has 0 N–H and O–H groups in total. The lowest BCUT2D eigenvalue weighted by Gasteiger charge is -2.11. The van der Waals surface area contributed by atoms with Gasteiger partial charge in [0.2, 0.25) is 6.79 Å². The van der Waals surface area contributed by atoms with Gasteiger partial charge in [0.1, 0.15) is 11.5 Å². The number of ether oxygens (including phenoxy) is 4. The smallest absolute Gasteiger partial charge is 0.231 e. The van der Waals surface area contributed by atoms with E-state index in [1.165, 1.54) is 0 Å². The van der Waals surface area contributed by atoms with Gasteiger partial charge in [-0.3, -0.25) is 0 Å². The fraction of sp³-hybridized carbons (Fsp3) is 0.160. The second-order valence-corrected chi connectivity index (χ2v) is 8.05. The number of nitrogens with zero attached hydrogens (tertiary/aromatic N) is 2. The highest BCUT2D eigenvalue weighted by Crippen LogP contribution is 2.33. The molecule has 0 atom stereocenters. The van der Waals surface area contributed by atoms with Crippen LogP contribution in [0.15, 0.2) is 77.1 Å². The second-order valence-electron chi connectivity index (χ2n) is 7.22. The molecule has 0 aliphatic carbocycles. The van der Waals surface area contributed by atoms with Gasteiger partial charge >= 0.3 is 0 Å². The number of hydrogen-bond acceptors (Lipinski definition) is 6. The van der Waals surface area contributed by atoms with Gasteiger partial charge in [-0.25, -0.2) is 4.99 Å². The molecule has 0 unspecified atom stereocenters. The van der Waals surface area contributed by atoms with Crippen LogP contribution >= 0.6 is 11.3 Å². The van der Waals surface area contributed by atoms with E-state index in [0.29, 0.717) is 6.54 Å². The topological polar surface area (TPSA) is 54.2 Å². The monoisotopic (exact) mass is 446 g/mol. The van der Waals surface area contributed by atoms with Gasteiger partial charge in [-0.15, -0.1) is 11.3 Å². The van der Waals surface area contributed by atoms with Gasteiger partial charge < -0.3 is 23.5 Å². The Hall–Kier alpha value is -3.71. The lowest BCUT2D eigenvalue weighted by atomic mass is 10.1. The largest absolute Gasteiger partial charge is 0.497 e. The van der Waals surface area contributed by atoms with E-state index in [9.17, 15) is 0 Å². The molecule has 0 radical (unpaired) electrons. The minimum absolute atomic E-state index is 0.263. The zero-order chi connectivity index (χ0) is 21.9. The van der Waals surface area contributed by atoms with E-state index in [2.05, 4.69) is 28.1 Å². The predicted molar refractivity (Wildman–Crippen MR) is 124 cm³/mol. The van der Waals surface area contributed by atoms with E-state index < -0.39 is 0 Å². The van der Waals surface area contributed by atoms with Crippen molar-refractivity contribution >= 4 is 17.0 Å². The van der Waals surface area contributed by atoms with Crippen LogP contribution in [0, 0.1) is 0 Å². The van der Waals surface area contributed by atoms with Crippen molar-refractivity contribution in [3.8, 4) is 34.3 Å². The number of aromatic nitrogens is 1. The fourth-order valence-corrected chi connectivity index (χ4v) is 4.48. The van der Waals surface area contributed by atoms with Crippen LogP contribution in [0.25, 0.3) is 11.3 Å². The Bertz CT molecular complexity index is 1290. The van der Waals surface area contributed by atoms with Crippen LogP contribution in [0.5, 0.6) is 23.0 Å². The van der Waals surface area contributed by atoms with Gasteiger partial charge in [0.15, 0.2) is 16.3 Å². The van der Waals surface area contributed by atoms with Crippen molar-refractivity contribution < 1.29 is 18.9 Å². The van der Waals surface area contributed by atoms with Gasteiger partial charge in [0.25, 0.3) is 0 Å². The predicted octanol–water partition coefficient (Wildman–Crippen LogP) is 5.24. The number of rotatable bonds is 6. The third kappa shape index (κ3) is 4.07. The summed E-state index contributed by atoms with van der Waals surface area (Å²) < 4.78 is 23.8. The Balaban J connectivity index is 1.58. The molecule has 0 saturated carbocycles. The van der Waals surface area contributed by atoms with Gasteiger partial charge in [-0.05, 0) is 71.8 Å². The zero-order valence-electron chi connectivity index (χ0n) is 17.8. The maximum atomic E-state index is 5.57. The molecule has 0 fully saturated rings. The highest BCUT2D eigenvalue weighted by molar-refractivity contribution is 7.07. The molecule has 7 heteroatoms. The number of methoxy groups -OCH3 is 2. The van der Waals surface area contributed by atoms with Crippen molar-refractivity contribution in [2.45, 2.75) is 6.54 Å². The van der Waals surface area contributed by atoms with Crippen LogP contribution in [0.2, 0.25) is 0 Å². The zero-order valence-corrected chi connectivity index (χ0v) is 18.6. The summed E-state index contributed by atoms with van der Waals surface area (Å²) in [6.07, 6.45) is 0. The molecule has 0 spiro atoms.